The molecular weight excluding hydrogens is 352 g/mol. The summed E-state index contributed by atoms with van der Waals surface area (Å²) < 4.78 is 4.97. The van der Waals surface area contributed by atoms with Crippen LogP contribution in [0.5, 0.6) is 0 Å². The Kier molecular flexibility index (Phi) is 11.0. The van der Waals surface area contributed by atoms with Crippen LogP contribution in [0.3, 0.4) is 0 Å². The number of halogens is 1. The van der Waals surface area contributed by atoms with Crippen molar-refractivity contribution in [2.45, 2.75) is 39.0 Å². The summed E-state index contributed by atoms with van der Waals surface area (Å²) in [6, 6.07) is 7.71. The lowest BCUT2D eigenvalue weighted by molar-refractivity contribution is -0.144. The fourth-order valence-corrected chi connectivity index (χ4v) is 2.78. The van der Waals surface area contributed by atoms with E-state index in [9.17, 15) is 9.59 Å². The molecule has 1 aromatic carbocycles. The van der Waals surface area contributed by atoms with Crippen molar-refractivity contribution in [3.05, 3.63) is 34.9 Å². The minimum Gasteiger partial charge on any atom is -0.466 e. The van der Waals surface area contributed by atoms with Gasteiger partial charge in [0.15, 0.2) is 0 Å². The Labute approximate surface area is 162 Å². The summed E-state index contributed by atoms with van der Waals surface area (Å²) in [5.41, 5.74) is 1.17. The molecule has 26 heavy (non-hydrogen) atoms. The summed E-state index contributed by atoms with van der Waals surface area (Å²) in [7, 11) is 4.02. The van der Waals surface area contributed by atoms with Crippen molar-refractivity contribution in [2.75, 3.05) is 40.3 Å². The number of nitrogens with zero attached hydrogens (tertiary/aromatic N) is 2. The van der Waals surface area contributed by atoms with Crippen molar-refractivity contribution in [1.82, 2.24) is 9.80 Å². The summed E-state index contributed by atoms with van der Waals surface area (Å²) in [5.74, 6) is -0.152. The molecule has 0 aliphatic heterocycles. The zero-order valence-corrected chi connectivity index (χ0v) is 16.9. The molecule has 0 fully saturated rings. The van der Waals surface area contributed by atoms with Gasteiger partial charge >= 0.3 is 5.97 Å². The summed E-state index contributed by atoms with van der Waals surface area (Å²) >= 11 is 5.89. The first-order valence-corrected chi connectivity index (χ1v) is 9.62. The number of ether oxygens (including phenoxy) is 1. The van der Waals surface area contributed by atoms with E-state index in [0.29, 0.717) is 26.1 Å². The Balaban J connectivity index is 2.46. The van der Waals surface area contributed by atoms with E-state index in [1.807, 2.05) is 38.4 Å². The van der Waals surface area contributed by atoms with Gasteiger partial charge in [-0.15, -0.1) is 0 Å². The highest BCUT2D eigenvalue weighted by molar-refractivity contribution is 6.30. The van der Waals surface area contributed by atoms with E-state index in [1.165, 1.54) is 5.56 Å². The van der Waals surface area contributed by atoms with E-state index in [0.717, 1.165) is 30.8 Å². The van der Waals surface area contributed by atoms with Crippen LogP contribution in [0.4, 0.5) is 0 Å². The highest BCUT2D eigenvalue weighted by atomic mass is 35.5. The third-order valence-corrected chi connectivity index (χ3v) is 4.30. The van der Waals surface area contributed by atoms with Gasteiger partial charge in [-0.25, -0.2) is 0 Å². The number of hydrogen-bond acceptors (Lipinski definition) is 4. The lowest BCUT2D eigenvalue weighted by Crippen LogP contribution is -2.35. The number of hydrogen-bond donors (Lipinski definition) is 0. The van der Waals surface area contributed by atoms with E-state index in [-0.39, 0.29) is 18.3 Å². The van der Waals surface area contributed by atoms with Crippen LogP contribution in [0, 0.1) is 0 Å². The second-order valence-electron chi connectivity index (χ2n) is 6.57. The molecule has 146 valence electrons. The Morgan fingerprint density at radius 2 is 1.69 bits per heavy atom. The Bertz CT molecular complexity index is 546. The maximum Gasteiger partial charge on any atom is 0.307 e. The molecular formula is C20H31ClN2O3. The van der Waals surface area contributed by atoms with E-state index >= 15 is 0 Å². The van der Waals surface area contributed by atoms with Gasteiger partial charge in [-0.3, -0.25) is 9.59 Å². The highest BCUT2D eigenvalue weighted by Crippen LogP contribution is 2.12. The third kappa shape index (κ3) is 9.78. The van der Waals surface area contributed by atoms with E-state index < -0.39 is 0 Å². The molecule has 1 amide bonds. The zero-order chi connectivity index (χ0) is 19.4. The van der Waals surface area contributed by atoms with Crippen molar-refractivity contribution in [3.8, 4) is 0 Å². The van der Waals surface area contributed by atoms with Gasteiger partial charge < -0.3 is 14.5 Å². The van der Waals surface area contributed by atoms with Crippen LogP contribution in [0.2, 0.25) is 5.02 Å². The van der Waals surface area contributed by atoms with Crippen molar-refractivity contribution >= 4 is 23.5 Å². The Morgan fingerprint density at radius 1 is 1.00 bits per heavy atom. The molecule has 0 saturated carbocycles. The third-order valence-electron chi connectivity index (χ3n) is 4.05. The van der Waals surface area contributed by atoms with Gasteiger partial charge in [0.2, 0.25) is 5.91 Å². The minimum absolute atomic E-state index is 0.0991. The molecule has 0 N–H and O–H groups in total. The Hall–Kier alpha value is -1.59. The molecule has 0 saturated heterocycles. The largest absolute Gasteiger partial charge is 0.466 e. The quantitative estimate of drug-likeness (QED) is 0.520. The second-order valence-corrected chi connectivity index (χ2v) is 7.01. The average molecular weight is 383 g/mol. The van der Waals surface area contributed by atoms with E-state index in [4.69, 9.17) is 16.3 Å². The van der Waals surface area contributed by atoms with E-state index in [1.54, 1.807) is 11.8 Å². The maximum atomic E-state index is 12.6. The predicted molar refractivity (Wildman–Crippen MR) is 105 cm³/mol. The van der Waals surface area contributed by atoms with E-state index in [2.05, 4.69) is 4.90 Å². The first kappa shape index (κ1) is 22.5. The molecule has 0 radical (unpaired) electrons. The highest BCUT2D eigenvalue weighted by Gasteiger charge is 2.15. The molecule has 5 nitrogen and oxygen atoms in total. The number of carbonyl (C=O) groups is 2. The Morgan fingerprint density at radius 3 is 2.31 bits per heavy atom. The molecule has 0 atom stereocenters. The minimum atomic E-state index is -0.251. The number of aryl methyl sites for hydroxylation is 1. The predicted octanol–water partition coefficient (Wildman–Crippen LogP) is 3.40. The van der Waals surface area contributed by atoms with Crippen LogP contribution < -0.4 is 0 Å². The first-order valence-electron chi connectivity index (χ1n) is 9.25. The molecule has 0 bridgehead atoms. The van der Waals surface area contributed by atoms with Gasteiger partial charge in [0.05, 0.1) is 13.0 Å². The van der Waals surface area contributed by atoms with Crippen molar-refractivity contribution in [2.24, 2.45) is 0 Å². The lowest BCUT2D eigenvalue weighted by atomic mass is 10.1. The number of rotatable bonds is 12. The molecule has 0 spiro atoms. The fraction of sp³-hybridized carbons (Fsp3) is 0.600. The van der Waals surface area contributed by atoms with Crippen molar-refractivity contribution in [3.63, 3.8) is 0 Å². The number of benzene rings is 1. The van der Waals surface area contributed by atoms with Gasteiger partial charge in [-0.1, -0.05) is 23.7 Å². The summed E-state index contributed by atoms with van der Waals surface area (Å²) in [6.45, 7) is 4.15. The normalized spacial score (nSPS) is 10.8. The lowest BCUT2D eigenvalue weighted by Gasteiger charge is -2.23. The molecule has 1 aromatic rings. The topological polar surface area (TPSA) is 49.9 Å². The monoisotopic (exact) mass is 382 g/mol. The van der Waals surface area contributed by atoms with Gasteiger partial charge in [0, 0.05) is 24.5 Å². The van der Waals surface area contributed by atoms with Crippen LogP contribution in [0.25, 0.3) is 0 Å². The molecule has 6 heteroatoms. The summed E-state index contributed by atoms with van der Waals surface area (Å²) in [4.78, 5) is 28.1. The van der Waals surface area contributed by atoms with Crippen LogP contribution in [0.15, 0.2) is 24.3 Å². The second kappa shape index (κ2) is 12.7. The van der Waals surface area contributed by atoms with Crippen LogP contribution >= 0.6 is 11.6 Å². The van der Waals surface area contributed by atoms with Gasteiger partial charge in [0.25, 0.3) is 0 Å². The summed E-state index contributed by atoms with van der Waals surface area (Å²) in [5, 5.41) is 0.718. The molecule has 0 aliphatic carbocycles. The molecule has 0 unspecified atom stereocenters. The van der Waals surface area contributed by atoms with Crippen LogP contribution in [-0.2, 0) is 20.7 Å². The molecule has 0 heterocycles. The zero-order valence-electron chi connectivity index (χ0n) is 16.2. The average Bonchev–Trinajstić information content (AvgIpc) is 2.59. The molecule has 0 aliphatic rings. The van der Waals surface area contributed by atoms with Gasteiger partial charge in [-0.05, 0) is 64.5 Å². The molecule has 1 rings (SSSR count). The van der Waals surface area contributed by atoms with Crippen LogP contribution in [-0.4, -0.2) is 62.0 Å². The smallest absolute Gasteiger partial charge is 0.307 e. The number of amides is 1. The number of carbonyl (C=O) groups excluding carboxylic acids is 2. The van der Waals surface area contributed by atoms with Crippen molar-refractivity contribution in [1.29, 1.82) is 0 Å². The number of esters is 1. The SMILES string of the molecule is CCOC(=O)CCN(CCCN(C)C)C(=O)CCCc1ccc(Cl)cc1. The maximum absolute atomic E-state index is 12.6. The van der Waals surface area contributed by atoms with Crippen molar-refractivity contribution < 1.29 is 14.3 Å². The first-order chi connectivity index (χ1) is 12.4. The van der Waals surface area contributed by atoms with Crippen LogP contribution in [0.1, 0.15) is 38.2 Å². The fourth-order valence-electron chi connectivity index (χ4n) is 2.65. The van der Waals surface area contributed by atoms with Gasteiger partial charge in [-0.2, -0.15) is 0 Å². The summed E-state index contributed by atoms with van der Waals surface area (Å²) in [6.07, 6.45) is 3.24. The standard InChI is InChI=1S/C20H31ClN2O3/c1-4-26-20(25)13-16-23(15-6-14-22(2)3)19(24)8-5-7-17-9-11-18(21)12-10-17/h9-12H,4-8,13-16H2,1-3H3. The molecule has 0 aromatic heterocycles. The van der Waals surface area contributed by atoms with Gasteiger partial charge in [0.1, 0.15) is 0 Å².